The number of nitrogens with zero attached hydrogens (tertiary/aromatic N) is 2. The minimum atomic E-state index is -4.39. The number of nitrogens with one attached hydrogen (secondary N) is 1. The Morgan fingerprint density at radius 3 is 1.87 bits per heavy atom. The molecule has 11 rings (SSSR count). The van der Waals surface area contributed by atoms with Gasteiger partial charge >= 0.3 is 12.1 Å². The van der Waals surface area contributed by atoms with Gasteiger partial charge in [0.2, 0.25) is 6.10 Å². The predicted molar refractivity (Wildman–Crippen MR) is 264 cm³/mol. The third-order valence-corrected chi connectivity index (χ3v) is 17.3. The molecule has 0 spiro atoms. The van der Waals surface area contributed by atoms with E-state index in [4.69, 9.17) is 9.47 Å². The van der Waals surface area contributed by atoms with Gasteiger partial charge in [-0.25, -0.2) is 9.18 Å². The number of rotatable bonds is 10. The van der Waals surface area contributed by atoms with Crippen LogP contribution in [0.4, 0.5) is 17.6 Å². The summed E-state index contributed by atoms with van der Waals surface area (Å²) in [5, 5.41) is 12.5. The summed E-state index contributed by atoms with van der Waals surface area (Å²) >= 11 is 0. The molecule has 12 heteroatoms. The molecular weight excluding hydrogens is 907 g/mol. The van der Waals surface area contributed by atoms with Crippen molar-refractivity contribution in [3.05, 3.63) is 166 Å². The lowest BCUT2D eigenvalue weighted by Crippen LogP contribution is -2.40. The first-order valence-electron chi connectivity index (χ1n) is 25.3. The number of carboxylic acid groups (broad SMARTS) is 1. The number of alkyl halides is 3. The van der Waals surface area contributed by atoms with Crippen molar-refractivity contribution in [3.8, 4) is 11.5 Å². The molecule has 2 fully saturated rings. The fourth-order valence-corrected chi connectivity index (χ4v) is 14.0. The first-order valence-corrected chi connectivity index (χ1v) is 25.3. The van der Waals surface area contributed by atoms with E-state index < -0.39 is 23.8 Å². The molecule has 2 N–H and O–H groups in total. The summed E-state index contributed by atoms with van der Waals surface area (Å²) < 4.78 is 65.5. The average molecular weight is 968 g/mol. The van der Waals surface area contributed by atoms with Gasteiger partial charge in [-0.05, 0) is 198 Å². The lowest BCUT2D eigenvalue weighted by atomic mass is 9.54. The van der Waals surface area contributed by atoms with Crippen molar-refractivity contribution >= 4 is 23.0 Å². The summed E-state index contributed by atoms with van der Waals surface area (Å²) in [6, 6.07) is 24.3. The van der Waals surface area contributed by atoms with E-state index >= 15 is 0 Å². The van der Waals surface area contributed by atoms with Crippen molar-refractivity contribution in [2.45, 2.75) is 109 Å². The molecule has 6 aliphatic rings. The fourth-order valence-electron chi connectivity index (χ4n) is 14.0. The summed E-state index contributed by atoms with van der Waals surface area (Å²) in [6.45, 7) is 7.07. The Labute approximate surface area is 413 Å². The number of aromatic nitrogens is 2. The summed E-state index contributed by atoms with van der Waals surface area (Å²) in [4.78, 5) is 31.7. The van der Waals surface area contributed by atoms with Gasteiger partial charge in [-0.2, -0.15) is 13.2 Å². The number of pyridine rings is 2. The zero-order valence-electron chi connectivity index (χ0n) is 40.5. The molecule has 0 radical (unpaired) electrons. The van der Waals surface area contributed by atoms with Crippen LogP contribution in [0.3, 0.4) is 0 Å². The highest BCUT2D eigenvalue weighted by atomic mass is 19.4. The first-order chi connectivity index (χ1) is 34.1. The van der Waals surface area contributed by atoms with Gasteiger partial charge in [0.05, 0.1) is 11.8 Å². The van der Waals surface area contributed by atoms with Crippen LogP contribution >= 0.6 is 0 Å². The Morgan fingerprint density at radius 1 is 0.746 bits per heavy atom. The zero-order valence-corrected chi connectivity index (χ0v) is 40.5. The molecule has 2 heterocycles. The highest BCUT2D eigenvalue weighted by Gasteiger charge is 2.53. The number of likely N-dealkylation sites (N-methyl/N-ethyl adjacent to an activating group) is 1. The predicted octanol–water partition coefficient (Wildman–Crippen LogP) is 13.1. The third kappa shape index (κ3) is 9.27. The molecule has 2 saturated carbocycles. The van der Waals surface area contributed by atoms with E-state index in [0.717, 1.165) is 87.3 Å². The monoisotopic (exact) mass is 967 g/mol. The Kier molecular flexibility index (Phi) is 13.2. The van der Waals surface area contributed by atoms with Crippen LogP contribution < -0.4 is 14.8 Å². The highest BCUT2D eigenvalue weighted by molar-refractivity contribution is 5.77. The molecule has 370 valence electrons. The average Bonchev–Trinajstić information content (AvgIpc) is 3.92. The van der Waals surface area contributed by atoms with Crippen LogP contribution in [-0.2, 0) is 28.6 Å². The van der Waals surface area contributed by atoms with Gasteiger partial charge in [0, 0.05) is 30.7 Å². The fraction of sp³-hybridized carbons (Fsp3) is 0.424. The molecule has 0 saturated heterocycles. The van der Waals surface area contributed by atoms with E-state index in [2.05, 4.69) is 65.5 Å². The molecule has 6 aliphatic carbocycles. The van der Waals surface area contributed by atoms with Gasteiger partial charge in [0.25, 0.3) is 5.91 Å². The Morgan fingerprint density at radius 2 is 1.31 bits per heavy atom. The first kappa shape index (κ1) is 48.3. The van der Waals surface area contributed by atoms with Crippen LogP contribution in [0, 0.1) is 40.3 Å². The van der Waals surface area contributed by atoms with Crippen LogP contribution in [0.15, 0.2) is 116 Å². The highest BCUT2D eigenvalue weighted by Crippen LogP contribution is 2.65. The van der Waals surface area contributed by atoms with Crippen molar-refractivity contribution in [2.24, 2.45) is 34.5 Å². The van der Waals surface area contributed by atoms with Crippen LogP contribution in [0.25, 0.3) is 11.1 Å². The number of hydrogen-bond acceptors (Lipinski definition) is 6. The van der Waals surface area contributed by atoms with Crippen molar-refractivity contribution in [3.63, 3.8) is 0 Å². The molecule has 0 bridgehead atoms. The van der Waals surface area contributed by atoms with E-state index in [0.29, 0.717) is 58.9 Å². The number of carbonyl (C=O) groups excluding carboxylic acids is 1. The number of aliphatic carboxylic acids is 1. The molecule has 71 heavy (non-hydrogen) atoms. The lowest BCUT2D eigenvalue weighted by molar-refractivity contribution is -0.145. The topological polar surface area (TPSA) is 111 Å². The number of benzene rings is 3. The van der Waals surface area contributed by atoms with Crippen molar-refractivity contribution in [2.75, 3.05) is 13.2 Å². The standard InChI is InChI=1S/C31H30FNO3.C28H31F3N2O2/c1-31-14-13-25-24-10-8-23(36-29(30(34)35)19-5-3-2-4-6-19)16-20(24)7-9-26(25)28(31)12-11-27(31)21-15-22(32)18-33-17-21;1-3-33-26(34)16-35-20-5-7-21-17(13-20)4-6-23-22(21)10-11-27(2)24(8-9-25(23)27)18-12-19(15-32-14-18)28(29,30)31/h2-6,8,10-11,15-18,25-26,28-29H,7,9,12-14H2,1H3,(H,34,35);5,7-8,12-15,22-23,25H,3-4,6,9-11,16H2,1-2H3,(H,33,34)/t25?,26?,28?,29?,31-;22?,23?,25?,27-/m11/s1. The van der Waals surface area contributed by atoms with E-state index in [1.165, 1.54) is 40.1 Å². The molecule has 7 unspecified atom stereocenters. The summed E-state index contributed by atoms with van der Waals surface area (Å²) in [6.07, 6.45) is 14.7. The normalized spacial score (nSPS) is 27.3. The van der Waals surface area contributed by atoms with Gasteiger partial charge < -0.3 is 19.9 Å². The third-order valence-electron chi connectivity index (χ3n) is 17.3. The SMILES string of the molecule is CCNC(=O)COc1ccc2c(c1)CCC1C2CC[C@]2(C)C(c3cncc(C(F)(F)F)c3)=CCC12.C[C@]12CCC3c4ccc(OC(C(=O)O)c5ccccc5)cc4CCC3C1CC=C2c1cncc(F)c1. The number of ether oxygens (including phenoxy) is 2. The summed E-state index contributed by atoms with van der Waals surface area (Å²) in [7, 11) is 0. The van der Waals surface area contributed by atoms with Crippen LogP contribution in [0.2, 0.25) is 0 Å². The Hall–Kier alpha value is -6.30. The quantitative estimate of drug-likeness (QED) is 0.134. The molecule has 0 aliphatic heterocycles. The van der Waals surface area contributed by atoms with Crippen LogP contribution in [0.5, 0.6) is 11.5 Å². The number of carboxylic acids is 1. The number of halogens is 4. The van der Waals surface area contributed by atoms with Gasteiger partial charge in [-0.1, -0.05) is 68.5 Å². The largest absolute Gasteiger partial charge is 0.484 e. The smallest absolute Gasteiger partial charge is 0.417 e. The maximum absolute atomic E-state index is 13.9. The van der Waals surface area contributed by atoms with Crippen molar-refractivity contribution in [1.29, 1.82) is 0 Å². The van der Waals surface area contributed by atoms with Crippen LogP contribution in [-0.4, -0.2) is 40.1 Å². The molecule has 2 aromatic heterocycles. The summed E-state index contributed by atoms with van der Waals surface area (Å²) in [5.74, 6) is 2.87. The van der Waals surface area contributed by atoms with Crippen molar-refractivity contribution < 1.29 is 41.7 Å². The van der Waals surface area contributed by atoms with E-state index in [-0.39, 0.29) is 29.2 Å². The van der Waals surface area contributed by atoms with Gasteiger partial charge in [0.15, 0.2) is 6.61 Å². The minimum absolute atomic E-state index is 0.0119. The van der Waals surface area contributed by atoms with Crippen LogP contribution in [0.1, 0.15) is 135 Å². The molecular formula is C59H61F4N3O5. The second-order valence-electron chi connectivity index (χ2n) is 21.0. The summed E-state index contributed by atoms with van der Waals surface area (Å²) in [5.41, 5.74) is 8.97. The Bertz CT molecular complexity index is 2880. The number of carbonyl (C=O) groups is 2. The zero-order chi connectivity index (χ0) is 49.7. The number of hydrogen-bond donors (Lipinski definition) is 2. The lowest BCUT2D eigenvalue weighted by Gasteiger charge is -2.50. The Balaban J connectivity index is 0.000000164. The molecule has 9 atom stereocenters. The number of aryl methyl sites for hydroxylation is 2. The van der Waals surface area contributed by atoms with Gasteiger partial charge in [-0.3, -0.25) is 14.8 Å². The number of amides is 1. The van der Waals surface area contributed by atoms with E-state index in [1.807, 2.05) is 37.3 Å². The second-order valence-corrected chi connectivity index (χ2v) is 21.0. The van der Waals surface area contributed by atoms with E-state index in [9.17, 15) is 32.3 Å². The maximum Gasteiger partial charge on any atom is 0.417 e. The molecule has 5 aromatic rings. The van der Waals surface area contributed by atoms with Crippen molar-refractivity contribution in [1.82, 2.24) is 15.3 Å². The van der Waals surface area contributed by atoms with Gasteiger partial charge in [-0.15, -0.1) is 0 Å². The second kappa shape index (κ2) is 19.4. The molecule has 8 nitrogen and oxygen atoms in total. The maximum atomic E-state index is 13.9. The number of fused-ring (bicyclic) bond motifs is 10. The molecule has 1 amide bonds. The van der Waals surface area contributed by atoms with E-state index in [1.54, 1.807) is 30.6 Å². The minimum Gasteiger partial charge on any atom is -0.484 e. The number of allylic oxidation sites excluding steroid dienone is 4. The molecule has 3 aromatic carbocycles. The van der Waals surface area contributed by atoms with Gasteiger partial charge in [0.1, 0.15) is 17.3 Å².